The molecule has 2 nitrogen and oxygen atoms in total. The molecular weight excluding hydrogens is 157 g/mol. The summed E-state index contributed by atoms with van der Waals surface area (Å²) < 4.78 is 35.2. The second-order valence-corrected chi connectivity index (χ2v) is 2.13. The van der Waals surface area contributed by atoms with Gasteiger partial charge in [-0.3, -0.25) is 0 Å². The molecule has 11 heavy (non-hydrogen) atoms. The third-order valence-electron chi connectivity index (χ3n) is 1.18. The summed E-state index contributed by atoms with van der Waals surface area (Å²) in [5.41, 5.74) is 0. The van der Waals surface area contributed by atoms with Crippen LogP contribution in [-0.4, -0.2) is 18.8 Å². The van der Waals surface area contributed by atoms with Crippen molar-refractivity contribution in [1.82, 2.24) is 5.32 Å². The van der Waals surface area contributed by atoms with Crippen LogP contribution in [0.3, 0.4) is 0 Å². The highest BCUT2D eigenvalue weighted by atomic mass is 19.4. The zero-order valence-electron chi connectivity index (χ0n) is 6.07. The van der Waals surface area contributed by atoms with Gasteiger partial charge in [-0.25, -0.2) is 0 Å². The van der Waals surface area contributed by atoms with Gasteiger partial charge in [0.05, 0.1) is 6.07 Å². The van der Waals surface area contributed by atoms with Crippen LogP contribution in [0.1, 0.15) is 13.3 Å². The monoisotopic (exact) mass is 166 g/mol. The van der Waals surface area contributed by atoms with Crippen molar-refractivity contribution in [2.75, 3.05) is 6.54 Å². The van der Waals surface area contributed by atoms with E-state index < -0.39 is 12.2 Å². The smallest absolute Gasteiger partial charge is 0.305 e. The molecule has 1 unspecified atom stereocenters. The lowest BCUT2D eigenvalue weighted by atomic mass is 10.3. The van der Waals surface area contributed by atoms with E-state index in [9.17, 15) is 13.2 Å². The average molecular weight is 166 g/mol. The Morgan fingerprint density at radius 3 is 2.45 bits per heavy atom. The van der Waals surface area contributed by atoms with Crippen molar-refractivity contribution in [3.63, 3.8) is 0 Å². The number of alkyl halides is 3. The molecule has 0 spiro atoms. The van der Waals surface area contributed by atoms with Crippen molar-refractivity contribution in [2.45, 2.75) is 25.6 Å². The van der Waals surface area contributed by atoms with E-state index in [0.717, 1.165) is 6.92 Å². The molecular formula is C6H9F3N2. The standard InChI is InChI=1S/C6H9F3N2/c1-5(6(7,8)9)11-4-2-3-10/h5,11H,2,4H2,1H3. The van der Waals surface area contributed by atoms with Crippen LogP contribution in [0, 0.1) is 11.3 Å². The predicted octanol–water partition coefficient (Wildman–Crippen LogP) is 1.44. The van der Waals surface area contributed by atoms with E-state index >= 15 is 0 Å². The molecule has 0 radical (unpaired) electrons. The molecule has 0 aliphatic carbocycles. The summed E-state index contributed by atoms with van der Waals surface area (Å²) in [6.07, 6.45) is -4.12. The van der Waals surface area contributed by atoms with Crippen LogP contribution in [0.25, 0.3) is 0 Å². The Hall–Kier alpha value is -0.760. The van der Waals surface area contributed by atoms with Crippen molar-refractivity contribution in [3.05, 3.63) is 0 Å². The van der Waals surface area contributed by atoms with Gasteiger partial charge >= 0.3 is 6.18 Å². The summed E-state index contributed by atoms with van der Waals surface area (Å²) in [6, 6.07) is 0.213. The van der Waals surface area contributed by atoms with Crippen molar-refractivity contribution in [1.29, 1.82) is 5.26 Å². The number of nitriles is 1. The van der Waals surface area contributed by atoms with Crippen LogP contribution < -0.4 is 5.32 Å². The molecule has 0 aromatic carbocycles. The third kappa shape index (κ3) is 4.62. The largest absolute Gasteiger partial charge is 0.403 e. The van der Waals surface area contributed by atoms with Crippen molar-refractivity contribution in [3.8, 4) is 6.07 Å². The Morgan fingerprint density at radius 1 is 1.55 bits per heavy atom. The summed E-state index contributed by atoms with van der Waals surface area (Å²) >= 11 is 0. The second-order valence-electron chi connectivity index (χ2n) is 2.13. The summed E-state index contributed by atoms with van der Waals surface area (Å²) in [5.74, 6) is 0. The van der Waals surface area contributed by atoms with Gasteiger partial charge < -0.3 is 5.32 Å². The lowest BCUT2D eigenvalue weighted by molar-refractivity contribution is -0.151. The maximum absolute atomic E-state index is 11.7. The number of rotatable bonds is 3. The number of hydrogen-bond acceptors (Lipinski definition) is 2. The first-order valence-electron chi connectivity index (χ1n) is 3.15. The zero-order valence-corrected chi connectivity index (χ0v) is 6.07. The minimum atomic E-state index is -4.21. The molecule has 0 amide bonds. The fourth-order valence-electron chi connectivity index (χ4n) is 0.460. The molecule has 0 aliphatic rings. The van der Waals surface area contributed by atoms with Gasteiger partial charge in [0.15, 0.2) is 0 Å². The van der Waals surface area contributed by atoms with E-state index in [1.165, 1.54) is 0 Å². The van der Waals surface area contributed by atoms with Crippen LogP contribution in [0.15, 0.2) is 0 Å². The molecule has 1 N–H and O–H groups in total. The number of halogens is 3. The van der Waals surface area contributed by atoms with Crippen LogP contribution in [0.5, 0.6) is 0 Å². The topological polar surface area (TPSA) is 35.8 Å². The molecule has 0 aromatic rings. The van der Waals surface area contributed by atoms with Crippen LogP contribution in [0.4, 0.5) is 13.2 Å². The van der Waals surface area contributed by atoms with Gasteiger partial charge in [-0.1, -0.05) is 0 Å². The van der Waals surface area contributed by atoms with Gasteiger partial charge in [0.2, 0.25) is 0 Å². The molecule has 1 atom stereocenters. The molecule has 0 aliphatic heterocycles. The Kier molecular flexibility index (Phi) is 3.90. The minimum Gasteiger partial charge on any atom is -0.305 e. The molecule has 64 valence electrons. The van der Waals surface area contributed by atoms with Gasteiger partial charge in [0.25, 0.3) is 0 Å². The van der Waals surface area contributed by atoms with Crippen molar-refractivity contribution in [2.24, 2.45) is 0 Å². The quantitative estimate of drug-likeness (QED) is 0.644. The lowest BCUT2D eigenvalue weighted by Gasteiger charge is -2.15. The van der Waals surface area contributed by atoms with E-state index in [4.69, 9.17) is 5.26 Å². The van der Waals surface area contributed by atoms with Crippen LogP contribution in [-0.2, 0) is 0 Å². The van der Waals surface area contributed by atoms with Crippen molar-refractivity contribution < 1.29 is 13.2 Å². The van der Waals surface area contributed by atoms with Gasteiger partial charge in [-0.15, -0.1) is 0 Å². The Balaban J connectivity index is 3.55. The van der Waals surface area contributed by atoms with Gasteiger partial charge in [-0.05, 0) is 6.92 Å². The van der Waals surface area contributed by atoms with Gasteiger partial charge in [0, 0.05) is 13.0 Å². The Morgan fingerprint density at radius 2 is 2.09 bits per heavy atom. The normalized spacial score (nSPS) is 14.1. The SMILES string of the molecule is CC(NCCC#N)C(F)(F)F. The maximum atomic E-state index is 11.7. The number of nitrogens with zero attached hydrogens (tertiary/aromatic N) is 1. The van der Waals surface area contributed by atoms with Crippen LogP contribution in [0.2, 0.25) is 0 Å². The fourth-order valence-corrected chi connectivity index (χ4v) is 0.460. The first-order valence-corrected chi connectivity index (χ1v) is 3.15. The molecule has 0 saturated carbocycles. The van der Waals surface area contributed by atoms with Crippen LogP contribution >= 0.6 is 0 Å². The number of nitrogens with one attached hydrogen (secondary N) is 1. The average Bonchev–Trinajstić information content (AvgIpc) is 1.86. The maximum Gasteiger partial charge on any atom is 0.403 e. The summed E-state index contributed by atoms with van der Waals surface area (Å²) in [5, 5.41) is 10.2. The van der Waals surface area contributed by atoms with E-state index in [0.29, 0.717) is 0 Å². The van der Waals surface area contributed by atoms with E-state index in [2.05, 4.69) is 5.32 Å². The van der Waals surface area contributed by atoms with Gasteiger partial charge in [0.1, 0.15) is 6.04 Å². The highest BCUT2D eigenvalue weighted by Gasteiger charge is 2.35. The molecule has 5 heteroatoms. The highest BCUT2D eigenvalue weighted by Crippen LogP contribution is 2.19. The van der Waals surface area contributed by atoms with Crippen molar-refractivity contribution >= 4 is 0 Å². The molecule has 0 heterocycles. The Bertz CT molecular complexity index is 147. The summed E-state index contributed by atoms with van der Waals surface area (Å²) in [7, 11) is 0. The highest BCUT2D eigenvalue weighted by molar-refractivity contribution is 4.74. The van der Waals surface area contributed by atoms with E-state index in [1.54, 1.807) is 6.07 Å². The summed E-state index contributed by atoms with van der Waals surface area (Å²) in [6.45, 7) is 1.11. The second kappa shape index (κ2) is 4.19. The van der Waals surface area contributed by atoms with Gasteiger partial charge in [-0.2, -0.15) is 18.4 Å². The molecule has 0 aromatic heterocycles. The third-order valence-corrected chi connectivity index (χ3v) is 1.18. The lowest BCUT2D eigenvalue weighted by Crippen LogP contribution is -2.39. The zero-order chi connectivity index (χ0) is 8.91. The fraction of sp³-hybridized carbons (Fsp3) is 0.833. The molecule has 0 saturated heterocycles. The summed E-state index contributed by atoms with van der Waals surface area (Å²) in [4.78, 5) is 0. The first-order chi connectivity index (χ1) is 4.98. The first kappa shape index (κ1) is 10.2. The van der Waals surface area contributed by atoms with E-state index in [-0.39, 0.29) is 13.0 Å². The molecule has 0 fully saturated rings. The molecule has 0 rings (SSSR count). The number of hydrogen-bond donors (Lipinski definition) is 1. The van der Waals surface area contributed by atoms with E-state index in [1.807, 2.05) is 0 Å². The predicted molar refractivity (Wildman–Crippen MR) is 33.7 cm³/mol. The minimum absolute atomic E-state index is 0.0805. The molecule has 0 bridgehead atoms. The Labute approximate surface area is 63.0 Å².